The topological polar surface area (TPSA) is 70.0 Å². The van der Waals surface area contributed by atoms with Crippen molar-refractivity contribution >= 4 is 22.3 Å². The van der Waals surface area contributed by atoms with Crippen molar-refractivity contribution in [2.75, 3.05) is 0 Å². The van der Waals surface area contributed by atoms with Crippen LogP contribution < -0.4 is 10.3 Å². The van der Waals surface area contributed by atoms with Crippen molar-refractivity contribution in [3.05, 3.63) is 39.4 Å². The largest absolute Gasteiger partial charge is 0.598 e. The molecule has 1 aliphatic rings. The van der Waals surface area contributed by atoms with Crippen LogP contribution in [0.1, 0.15) is 82.3 Å². The lowest BCUT2D eigenvalue weighted by Crippen LogP contribution is -2.40. The van der Waals surface area contributed by atoms with Crippen molar-refractivity contribution in [2.45, 2.75) is 77.0 Å². The second-order valence-electron chi connectivity index (χ2n) is 8.79. The Morgan fingerprint density at radius 1 is 1.30 bits per heavy atom. The highest BCUT2D eigenvalue weighted by molar-refractivity contribution is 7.90. The van der Waals surface area contributed by atoms with E-state index in [1.54, 1.807) is 4.57 Å². The molecule has 1 heterocycles. The Morgan fingerprint density at radius 2 is 1.93 bits per heavy atom. The molecule has 0 bridgehead atoms. The van der Waals surface area contributed by atoms with Gasteiger partial charge in [-0.2, -0.15) is 0 Å². The molecule has 1 unspecified atom stereocenters. The number of nitrogens with one attached hydrogen (secondary N) is 1. The summed E-state index contributed by atoms with van der Waals surface area (Å²) in [5.74, 6) is 1.24. The summed E-state index contributed by atoms with van der Waals surface area (Å²) in [6.45, 7) is 9.82. The third-order valence-electron chi connectivity index (χ3n) is 5.42. The van der Waals surface area contributed by atoms with Crippen molar-refractivity contribution < 1.29 is 4.55 Å². The maximum absolute atomic E-state index is 13.1. The first-order valence-corrected chi connectivity index (χ1v) is 10.9. The lowest BCUT2D eigenvalue weighted by atomic mass is 10.0. The molecule has 2 aromatic rings. The molecular formula is C21H31N3O2S. The van der Waals surface area contributed by atoms with E-state index in [1.807, 2.05) is 47.7 Å². The van der Waals surface area contributed by atoms with Crippen LogP contribution in [0.2, 0.25) is 0 Å². The highest BCUT2D eigenvalue weighted by Crippen LogP contribution is 2.34. The minimum atomic E-state index is -1.20. The van der Waals surface area contributed by atoms with Gasteiger partial charge in [0, 0.05) is 29.9 Å². The molecule has 1 aromatic heterocycles. The molecule has 6 heteroatoms. The van der Waals surface area contributed by atoms with Gasteiger partial charge in [-0.25, -0.2) is 4.98 Å². The predicted molar refractivity (Wildman–Crippen MR) is 112 cm³/mol. The first-order chi connectivity index (χ1) is 12.6. The van der Waals surface area contributed by atoms with Gasteiger partial charge in [-0.3, -0.25) is 9.36 Å². The second-order valence-corrected chi connectivity index (χ2v) is 10.8. The van der Waals surface area contributed by atoms with Gasteiger partial charge in [0.25, 0.3) is 5.56 Å². The van der Waals surface area contributed by atoms with Crippen LogP contribution in [0.4, 0.5) is 0 Å². The molecule has 0 radical (unpaired) electrons. The Hall–Kier alpha value is -1.37. The highest BCUT2D eigenvalue weighted by Gasteiger charge is 2.30. The van der Waals surface area contributed by atoms with Crippen LogP contribution in [0.25, 0.3) is 10.9 Å². The fourth-order valence-corrected chi connectivity index (χ4v) is 4.65. The van der Waals surface area contributed by atoms with Gasteiger partial charge >= 0.3 is 0 Å². The summed E-state index contributed by atoms with van der Waals surface area (Å²) >= 11 is -1.20. The molecule has 0 aliphatic heterocycles. The van der Waals surface area contributed by atoms with Gasteiger partial charge in [-0.05, 0) is 59.1 Å². The summed E-state index contributed by atoms with van der Waals surface area (Å²) in [6.07, 6.45) is 4.58. The molecule has 1 saturated carbocycles. The van der Waals surface area contributed by atoms with E-state index in [2.05, 4.69) is 10.8 Å². The fourth-order valence-electron chi connectivity index (χ4n) is 3.85. The Morgan fingerprint density at radius 3 is 2.52 bits per heavy atom. The van der Waals surface area contributed by atoms with Gasteiger partial charge in [-0.15, -0.1) is 4.72 Å². The third kappa shape index (κ3) is 4.08. The van der Waals surface area contributed by atoms with Crippen LogP contribution in [0.3, 0.4) is 0 Å². The predicted octanol–water partition coefficient (Wildman–Crippen LogP) is 4.01. The molecular weight excluding hydrogens is 358 g/mol. The number of aromatic nitrogens is 2. The van der Waals surface area contributed by atoms with Gasteiger partial charge in [-0.1, -0.05) is 18.9 Å². The molecule has 2 atom stereocenters. The van der Waals surface area contributed by atoms with Crippen molar-refractivity contribution in [2.24, 2.45) is 7.05 Å². The average molecular weight is 390 g/mol. The smallest absolute Gasteiger partial charge is 0.261 e. The first kappa shape index (κ1) is 20.4. The van der Waals surface area contributed by atoms with Gasteiger partial charge in [0.05, 0.1) is 16.9 Å². The maximum atomic E-state index is 13.1. The maximum Gasteiger partial charge on any atom is 0.261 e. The SMILES string of the molecule is Cc1cc(C(C)N[S@+]([O-])C(C)(C)C)c2nc(C3CCCC3)n(C)c(=O)c2c1. The van der Waals surface area contributed by atoms with Crippen LogP contribution in [0.15, 0.2) is 16.9 Å². The summed E-state index contributed by atoms with van der Waals surface area (Å²) in [6, 6.07) is 3.81. The number of fused-ring (bicyclic) bond motifs is 1. The summed E-state index contributed by atoms with van der Waals surface area (Å²) in [5.41, 5.74) is 2.72. The number of aryl methyl sites for hydroxylation is 1. The summed E-state index contributed by atoms with van der Waals surface area (Å²) < 4.78 is 17.2. The molecule has 1 aromatic carbocycles. The van der Waals surface area contributed by atoms with Gasteiger partial charge in [0.15, 0.2) is 0 Å². The molecule has 27 heavy (non-hydrogen) atoms. The lowest BCUT2D eigenvalue weighted by Gasteiger charge is -2.27. The minimum Gasteiger partial charge on any atom is -0.598 e. The molecule has 148 valence electrons. The Bertz CT molecular complexity index is 895. The van der Waals surface area contributed by atoms with Crippen LogP contribution in [-0.2, 0) is 18.4 Å². The summed E-state index contributed by atoms with van der Waals surface area (Å²) in [4.78, 5) is 18.0. The summed E-state index contributed by atoms with van der Waals surface area (Å²) in [7, 11) is 1.83. The van der Waals surface area contributed by atoms with Gasteiger partial charge in [0.1, 0.15) is 10.6 Å². The van der Waals surface area contributed by atoms with Crippen molar-refractivity contribution in [3.63, 3.8) is 0 Å². The summed E-state index contributed by atoms with van der Waals surface area (Å²) in [5, 5.41) is 0.643. The van der Waals surface area contributed by atoms with E-state index >= 15 is 0 Å². The molecule has 0 amide bonds. The molecule has 5 nitrogen and oxygen atoms in total. The molecule has 0 spiro atoms. The van der Waals surface area contributed by atoms with E-state index in [4.69, 9.17) is 4.98 Å². The lowest BCUT2D eigenvalue weighted by molar-refractivity contribution is 0.531. The number of rotatable bonds is 4. The zero-order chi connectivity index (χ0) is 19.9. The number of benzene rings is 1. The van der Waals surface area contributed by atoms with E-state index in [-0.39, 0.29) is 16.3 Å². The molecule has 1 fully saturated rings. The number of hydrogen-bond acceptors (Lipinski definition) is 4. The normalized spacial score (nSPS) is 18.2. The van der Waals surface area contributed by atoms with Crippen molar-refractivity contribution in [3.8, 4) is 0 Å². The zero-order valence-electron chi connectivity index (χ0n) is 17.3. The first-order valence-electron chi connectivity index (χ1n) is 9.79. The molecule has 1 aliphatic carbocycles. The Balaban J connectivity index is 2.13. The van der Waals surface area contributed by atoms with Crippen molar-refractivity contribution in [1.82, 2.24) is 14.3 Å². The average Bonchev–Trinajstić information content (AvgIpc) is 3.11. The Kier molecular flexibility index (Phi) is 5.71. The van der Waals surface area contributed by atoms with Crippen LogP contribution in [0, 0.1) is 6.92 Å². The Labute approximate surface area is 164 Å². The van der Waals surface area contributed by atoms with E-state index in [9.17, 15) is 9.35 Å². The van der Waals surface area contributed by atoms with E-state index in [1.165, 1.54) is 12.8 Å². The standard InChI is InChI=1S/C21H31N3O2S/c1-13-11-16(14(2)23-27(26)21(3,4)5)18-17(12-13)20(25)24(6)19(22-18)15-9-7-8-10-15/h11-12,14-15,23H,7-10H2,1-6H3/t14?,27-/m1/s1. The van der Waals surface area contributed by atoms with Crippen LogP contribution in [0.5, 0.6) is 0 Å². The van der Waals surface area contributed by atoms with E-state index in [0.29, 0.717) is 11.3 Å². The molecule has 3 rings (SSSR count). The van der Waals surface area contributed by atoms with Crippen molar-refractivity contribution in [1.29, 1.82) is 0 Å². The van der Waals surface area contributed by atoms with E-state index < -0.39 is 11.4 Å². The van der Waals surface area contributed by atoms with E-state index in [0.717, 1.165) is 35.3 Å². The second kappa shape index (κ2) is 7.57. The van der Waals surface area contributed by atoms with Crippen LogP contribution in [-0.4, -0.2) is 18.9 Å². The quantitative estimate of drug-likeness (QED) is 0.802. The minimum absolute atomic E-state index is 0.0102. The van der Waals surface area contributed by atoms with Gasteiger partial charge in [0.2, 0.25) is 0 Å². The molecule has 1 N–H and O–H groups in total. The zero-order valence-corrected chi connectivity index (χ0v) is 18.1. The number of nitrogens with zero attached hydrogens (tertiary/aromatic N) is 2. The monoisotopic (exact) mass is 389 g/mol. The van der Waals surface area contributed by atoms with Gasteiger partial charge < -0.3 is 4.55 Å². The fraction of sp³-hybridized carbons (Fsp3) is 0.619. The number of hydrogen-bond donors (Lipinski definition) is 1. The molecule has 0 saturated heterocycles. The highest BCUT2D eigenvalue weighted by atomic mass is 32.2. The third-order valence-corrected chi connectivity index (χ3v) is 7.10. The van der Waals surface area contributed by atoms with Crippen LogP contribution >= 0.6 is 0 Å².